The monoisotopic (exact) mass is 312 g/mol. The number of hydrogen-bond acceptors (Lipinski definition) is 5. The number of hydrogen-bond donors (Lipinski definition) is 2. The molecule has 1 amide bonds. The van der Waals surface area contributed by atoms with E-state index in [1.165, 1.54) is 6.92 Å². The van der Waals surface area contributed by atoms with Crippen LogP contribution in [0.3, 0.4) is 0 Å². The number of benzene rings is 1. The van der Waals surface area contributed by atoms with Gasteiger partial charge in [-0.15, -0.1) is 10.2 Å². The Morgan fingerprint density at radius 3 is 2.13 bits per heavy atom. The molecule has 0 aliphatic rings. The van der Waals surface area contributed by atoms with Crippen LogP contribution in [0.1, 0.15) is 37.6 Å². The number of amides is 1. The molecule has 1 heterocycles. The third-order valence-electron chi connectivity index (χ3n) is 3.09. The van der Waals surface area contributed by atoms with E-state index in [0.717, 1.165) is 5.69 Å². The Kier molecular flexibility index (Phi) is 5.41. The van der Waals surface area contributed by atoms with Crippen LogP contribution in [0.2, 0.25) is 0 Å². The Hall–Kier alpha value is -2.76. The number of rotatable bonds is 6. The van der Waals surface area contributed by atoms with Gasteiger partial charge in [-0.3, -0.25) is 9.59 Å². The average Bonchev–Trinajstić information content (AvgIpc) is 2.49. The van der Waals surface area contributed by atoms with Crippen LogP contribution < -0.4 is 10.6 Å². The molecule has 2 rings (SSSR count). The smallest absolute Gasteiger partial charge is 0.225 e. The van der Waals surface area contributed by atoms with Gasteiger partial charge in [0.15, 0.2) is 17.4 Å². The van der Waals surface area contributed by atoms with Crippen LogP contribution in [0.15, 0.2) is 36.4 Å². The number of nitrogens with zero attached hydrogens (tertiary/aromatic N) is 2. The molecule has 2 N–H and O–H groups in total. The molecule has 0 unspecified atom stereocenters. The standard InChI is InChI=1S/C17H20N4O2/c1-11(2)10-17(23)19-16-9-8-15(20-21-16)18-14-6-4-13(5-7-14)12(3)22/h4-9,11H,10H2,1-3H3,(H,18,20)(H,19,21,23). The van der Waals surface area contributed by atoms with Crippen molar-refractivity contribution in [1.82, 2.24) is 10.2 Å². The van der Waals surface area contributed by atoms with Crippen LogP contribution in [-0.4, -0.2) is 21.9 Å². The lowest BCUT2D eigenvalue weighted by molar-refractivity contribution is -0.116. The van der Waals surface area contributed by atoms with Gasteiger partial charge in [0.1, 0.15) is 0 Å². The predicted molar refractivity (Wildman–Crippen MR) is 89.8 cm³/mol. The molecule has 1 aromatic heterocycles. The van der Waals surface area contributed by atoms with Crippen LogP contribution in [0.4, 0.5) is 17.3 Å². The lowest BCUT2D eigenvalue weighted by atomic mass is 10.1. The average molecular weight is 312 g/mol. The molecule has 0 saturated heterocycles. The summed E-state index contributed by atoms with van der Waals surface area (Å²) in [4.78, 5) is 22.9. The van der Waals surface area contributed by atoms with E-state index in [2.05, 4.69) is 20.8 Å². The maximum Gasteiger partial charge on any atom is 0.225 e. The summed E-state index contributed by atoms with van der Waals surface area (Å²) in [6.07, 6.45) is 0.449. The zero-order chi connectivity index (χ0) is 16.8. The van der Waals surface area contributed by atoms with Gasteiger partial charge in [-0.25, -0.2) is 0 Å². The number of Topliss-reactive ketones (excluding diaryl/α,β-unsaturated/α-hetero) is 1. The van der Waals surface area contributed by atoms with Crippen LogP contribution in [0, 0.1) is 5.92 Å². The molecule has 6 nitrogen and oxygen atoms in total. The molecule has 1 aromatic carbocycles. The molecular formula is C17H20N4O2. The van der Waals surface area contributed by atoms with Gasteiger partial charge < -0.3 is 10.6 Å². The Labute approximate surface area is 135 Å². The minimum absolute atomic E-state index is 0.0258. The fraction of sp³-hybridized carbons (Fsp3) is 0.294. The second-order valence-corrected chi connectivity index (χ2v) is 5.71. The minimum atomic E-state index is -0.0742. The molecule has 0 radical (unpaired) electrons. The summed E-state index contributed by atoms with van der Waals surface area (Å²) in [7, 11) is 0. The molecule has 2 aromatic rings. The second-order valence-electron chi connectivity index (χ2n) is 5.71. The van der Waals surface area contributed by atoms with Crippen molar-refractivity contribution in [3.63, 3.8) is 0 Å². The fourth-order valence-corrected chi connectivity index (χ4v) is 1.97. The van der Waals surface area contributed by atoms with Crippen molar-refractivity contribution in [2.75, 3.05) is 10.6 Å². The van der Waals surface area contributed by atoms with Gasteiger partial charge in [-0.2, -0.15) is 0 Å². The van der Waals surface area contributed by atoms with Crippen molar-refractivity contribution >= 4 is 29.0 Å². The molecule has 6 heteroatoms. The third-order valence-corrected chi connectivity index (χ3v) is 3.09. The quantitative estimate of drug-likeness (QED) is 0.799. The highest BCUT2D eigenvalue weighted by atomic mass is 16.1. The molecule has 0 bridgehead atoms. The van der Waals surface area contributed by atoms with Crippen molar-refractivity contribution in [3.8, 4) is 0 Å². The normalized spacial score (nSPS) is 10.4. The van der Waals surface area contributed by atoms with Crippen molar-refractivity contribution in [2.45, 2.75) is 27.2 Å². The first-order valence-corrected chi connectivity index (χ1v) is 7.45. The highest BCUT2D eigenvalue weighted by molar-refractivity contribution is 5.94. The second kappa shape index (κ2) is 7.49. The largest absolute Gasteiger partial charge is 0.339 e. The number of carbonyl (C=O) groups is 2. The Bertz CT molecular complexity index is 679. The molecule has 23 heavy (non-hydrogen) atoms. The van der Waals surface area contributed by atoms with Gasteiger partial charge in [0.2, 0.25) is 5.91 Å². The number of carbonyl (C=O) groups excluding carboxylic acids is 2. The Balaban J connectivity index is 1.97. The lowest BCUT2D eigenvalue weighted by Crippen LogP contribution is -2.15. The minimum Gasteiger partial charge on any atom is -0.339 e. The van der Waals surface area contributed by atoms with E-state index in [4.69, 9.17) is 0 Å². The van der Waals surface area contributed by atoms with E-state index < -0.39 is 0 Å². The summed E-state index contributed by atoms with van der Waals surface area (Å²) in [6, 6.07) is 10.5. The van der Waals surface area contributed by atoms with E-state index in [-0.39, 0.29) is 11.7 Å². The summed E-state index contributed by atoms with van der Waals surface area (Å²) in [6.45, 7) is 5.49. The first-order valence-electron chi connectivity index (χ1n) is 7.45. The summed E-state index contributed by atoms with van der Waals surface area (Å²) < 4.78 is 0. The number of nitrogens with one attached hydrogen (secondary N) is 2. The van der Waals surface area contributed by atoms with Gasteiger partial charge in [0.05, 0.1) is 0 Å². The first-order chi connectivity index (χ1) is 10.9. The lowest BCUT2D eigenvalue weighted by Gasteiger charge is -2.08. The summed E-state index contributed by atoms with van der Waals surface area (Å²) in [5.41, 5.74) is 1.46. The number of ketones is 1. The molecule has 0 saturated carbocycles. The Morgan fingerprint density at radius 2 is 1.61 bits per heavy atom. The van der Waals surface area contributed by atoms with Gasteiger partial charge in [0, 0.05) is 17.7 Å². The molecule has 0 spiro atoms. The molecule has 0 atom stereocenters. The van der Waals surface area contributed by atoms with Crippen LogP contribution in [0.5, 0.6) is 0 Å². The van der Waals surface area contributed by atoms with Crippen molar-refractivity contribution in [3.05, 3.63) is 42.0 Å². The molecular weight excluding hydrogens is 292 g/mol. The van der Waals surface area contributed by atoms with Crippen LogP contribution in [0.25, 0.3) is 0 Å². The van der Waals surface area contributed by atoms with E-state index in [1.807, 2.05) is 13.8 Å². The topological polar surface area (TPSA) is 84.0 Å². The summed E-state index contributed by atoms with van der Waals surface area (Å²) in [5.74, 6) is 1.23. The molecule has 0 aliphatic carbocycles. The van der Waals surface area contributed by atoms with Crippen molar-refractivity contribution < 1.29 is 9.59 Å². The zero-order valence-corrected chi connectivity index (χ0v) is 13.5. The number of anilines is 3. The maximum atomic E-state index is 11.7. The van der Waals surface area contributed by atoms with Crippen molar-refractivity contribution in [2.24, 2.45) is 5.92 Å². The fourth-order valence-electron chi connectivity index (χ4n) is 1.97. The van der Waals surface area contributed by atoms with E-state index >= 15 is 0 Å². The highest BCUT2D eigenvalue weighted by Crippen LogP contribution is 2.16. The molecule has 0 fully saturated rings. The van der Waals surface area contributed by atoms with Crippen molar-refractivity contribution in [1.29, 1.82) is 0 Å². The van der Waals surface area contributed by atoms with Gasteiger partial charge in [-0.05, 0) is 49.2 Å². The maximum absolute atomic E-state index is 11.7. The SMILES string of the molecule is CC(=O)c1ccc(Nc2ccc(NC(=O)CC(C)C)nn2)cc1. The first kappa shape index (κ1) is 16.6. The van der Waals surface area contributed by atoms with Gasteiger partial charge in [-0.1, -0.05) is 13.8 Å². The predicted octanol–water partition coefficient (Wildman–Crippen LogP) is 3.41. The van der Waals surface area contributed by atoms with Crippen LogP contribution >= 0.6 is 0 Å². The van der Waals surface area contributed by atoms with E-state index in [9.17, 15) is 9.59 Å². The van der Waals surface area contributed by atoms with E-state index in [1.54, 1.807) is 36.4 Å². The molecule has 120 valence electrons. The Morgan fingerprint density at radius 1 is 1.00 bits per heavy atom. The molecule has 0 aliphatic heterocycles. The van der Waals surface area contributed by atoms with Crippen LogP contribution in [-0.2, 0) is 4.79 Å². The van der Waals surface area contributed by atoms with Gasteiger partial charge in [0.25, 0.3) is 0 Å². The highest BCUT2D eigenvalue weighted by Gasteiger charge is 2.07. The summed E-state index contributed by atoms with van der Waals surface area (Å²) in [5, 5.41) is 13.8. The zero-order valence-electron chi connectivity index (χ0n) is 13.5. The third kappa shape index (κ3) is 5.18. The van der Waals surface area contributed by atoms with Gasteiger partial charge >= 0.3 is 0 Å². The van der Waals surface area contributed by atoms with E-state index in [0.29, 0.717) is 29.5 Å². The number of aromatic nitrogens is 2. The summed E-state index contributed by atoms with van der Waals surface area (Å²) >= 11 is 0.